The molecule has 1 saturated heterocycles. The summed E-state index contributed by atoms with van der Waals surface area (Å²) < 4.78 is 11.6. The van der Waals surface area contributed by atoms with Gasteiger partial charge in [0.05, 0.1) is 17.2 Å². The Kier molecular flexibility index (Phi) is 8.13. The number of carboxylic acids is 1. The molecular formula is C27H27ClN2O7. The number of urea groups is 1. The van der Waals surface area contributed by atoms with Gasteiger partial charge in [-0.15, -0.1) is 0 Å². The summed E-state index contributed by atoms with van der Waals surface area (Å²) in [4.78, 5) is 50.6. The molecule has 1 saturated carbocycles. The van der Waals surface area contributed by atoms with Gasteiger partial charge in [0.15, 0.2) is 11.5 Å². The van der Waals surface area contributed by atoms with E-state index in [-0.39, 0.29) is 34.6 Å². The minimum Gasteiger partial charge on any atom is -0.490 e. The van der Waals surface area contributed by atoms with Crippen molar-refractivity contribution in [3.05, 3.63) is 63.7 Å². The van der Waals surface area contributed by atoms with Crippen LogP contribution in [0, 0.1) is 0 Å². The fraction of sp³-hybridized carbons (Fsp3) is 0.333. The summed E-state index contributed by atoms with van der Waals surface area (Å²) in [7, 11) is 0. The monoisotopic (exact) mass is 526 g/mol. The summed E-state index contributed by atoms with van der Waals surface area (Å²) in [6.07, 6.45) is 5.70. The first-order chi connectivity index (χ1) is 17.8. The van der Waals surface area contributed by atoms with Crippen LogP contribution >= 0.6 is 11.6 Å². The highest BCUT2D eigenvalue weighted by Gasteiger charge is 2.40. The topological polar surface area (TPSA) is 122 Å². The van der Waals surface area contributed by atoms with Crippen LogP contribution in [0.5, 0.6) is 11.5 Å². The Bertz CT molecular complexity index is 1270. The Hall–Kier alpha value is -3.85. The number of imide groups is 2. The fourth-order valence-corrected chi connectivity index (χ4v) is 4.81. The highest BCUT2D eigenvalue weighted by atomic mass is 35.5. The van der Waals surface area contributed by atoms with Crippen LogP contribution in [-0.2, 0) is 16.2 Å². The van der Waals surface area contributed by atoms with E-state index in [0.717, 1.165) is 24.2 Å². The highest BCUT2D eigenvalue weighted by Crippen LogP contribution is 2.38. The van der Waals surface area contributed by atoms with E-state index in [4.69, 9.17) is 21.1 Å². The number of carbonyl (C=O) groups is 4. The third kappa shape index (κ3) is 5.94. The van der Waals surface area contributed by atoms with E-state index in [2.05, 4.69) is 5.32 Å². The van der Waals surface area contributed by atoms with Crippen molar-refractivity contribution in [3.63, 3.8) is 0 Å². The molecule has 0 unspecified atom stereocenters. The van der Waals surface area contributed by atoms with Gasteiger partial charge >= 0.3 is 12.0 Å². The number of carbonyl (C=O) groups excluding carboxylic acids is 3. The highest BCUT2D eigenvalue weighted by molar-refractivity contribution is 6.33. The molecule has 1 aliphatic heterocycles. The first kappa shape index (κ1) is 26.2. The summed E-state index contributed by atoms with van der Waals surface area (Å²) in [5.74, 6) is -1.91. The van der Waals surface area contributed by atoms with Crippen LogP contribution in [0.1, 0.15) is 60.5 Å². The number of rotatable bonds is 8. The Labute approximate surface area is 219 Å². The number of nitrogens with one attached hydrogen (secondary N) is 1. The maximum Gasteiger partial charge on any atom is 0.335 e. The second kappa shape index (κ2) is 11.5. The van der Waals surface area contributed by atoms with Gasteiger partial charge in [0.1, 0.15) is 12.2 Å². The number of hydrogen-bond acceptors (Lipinski definition) is 6. The van der Waals surface area contributed by atoms with Crippen molar-refractivity contribution in [1.29, 1.82) is 0 Å². The number of benzene rings is 2. The zero-order chi connectivity index (χ0) is 26.5. The van der Waals surface area contributed by atoms with E-state index < -0.39 is 23.8 Å². The van der Waals surface area contributed by atoms with Crippen LogP contribution in [-0.4, -0.2) is 46.5 Å². The molecule has 2 fully saturated rings. The normalized spacial score (nSPS) is 17.6. The van der Waals surface area contributed by atoms with Crippen molar-refractivity contribution < 1.29 is 33.8 Å². The summed E-state index contributed by atoms with van der Waals surface area (Å²) in [6.45, 7) is 2.12. The predicted octanol–water partition coefficient (Wildman–Crippen LogP) is 4.81. The Morgan fingerprint density at radius 3 is 2.59 bits per heavy atom. The van der Waals surface area contributed by atoms with E-state index in [1.165, 1.54) is 24.3 Å². The maximum atomic E-state index is 13.2. The average molecular weight is 527 g/mol. The van der Waals surface area contributed by atoms with Crippen molar-refractivity contribution in [2.45, 2.75) is 51.7 Å². The maximum absolute atomic E-state index is 13.2. The molecule has 4 amide bonds. The van der Waals surface area contributed by atoms with Gasteiger partial charge in [-0.25, -0.2) is 9.59 Å². The molecule has 2 aromatic rings. The van der Waals surface area contributed by atoms with Gasteiger partial charge in [-0.2, -0.15) is 0 Å². The molecule has 4 rings (SSSR count). The van der Waals surface area contributed by atoms with Crippen molar-refractivity contribution >= 4 is 41.5 Å². The molecule has 2 N–H and O–H groups in total. The van der Waals surface area contributed by atoms with Crippen LogP contribution in [0.25, 0.3) is 6.08 Å². The van der Waals surface area contributed by atoms with Gasteiger partial charge in [0, 0.05) is 6.04 Å². The zero-order valence-electron chi connectivity index (χ0n) is 20.3. The average Bonchev–Trinajstić information content (AvgIpc) is 2.87. The number of aromatic carboxylic acids is 1. The van der Waals surface area contributed by atoms with Crippen molar-refractivity contribution in [2.24, 2.45) is 0 Å². The largest absolute Gasteiger partial charge is 0.490 e. The van der Waals surface area contributed by atoms with Gasteiger partial charge in [-0.1, -0.05) is 43.0 Å². The second-order valence-electron chi connectivity index (χ2n) is 8.84. The fourth-order valence-electron chi connectivity index (χ4n) is 4.53. The van der Waals surface area contributed by atoms with Gasteiger partial charge in [0.25, 0.3) is 11.8 Å². The lowest BCUT2D eigenvalue weighted by molar-refractivity contribution is -0.132. The second-order valence-corrected chi connectivity index (χ2v) is 9.25. The lowest BCUT2D eigenvalue weighted by atomic mass is 9.93. The summed E-state index contributed by atoms with van der Waals surface area (Å²) in [5.41, 5.74) is 1.02. The summed E-state index contributed by atoms with van der Waals surface area (Å²) in [6, 6.07) is 8.52. The SMILES string of the molecule is CCOc1cc(C=C2C(=O)NC(=O)N(C3CCCCC3)C2=O)cc(Cl)c1OCc1cccc(C(=O)O)c1. The van der Waals surface area contributed by atoms with Crippen molar-refractivity contribution in [3.8, 4) is 11.5 Å². The predicted molar refractivity (Wildman–Crippen MR) is 136 cm³/mol. The van der Waals surface area contributed by atoms with Gasteiger partial charge in [0.2, 0.25) is 0 Å². The lowest BCUT2D eigenvalue weighted by Crippen LogP contribution is -2.58. The third-order valence-electron chi connectivity index (χ3n) is 6.27. The first-order valence-electron chi connectivity index (χ1n) is 12.1. The van der Waals surface area contributed by atoms with E-state index in [1.54, 1.807) is 25.1 Å². The zero-order valence-corrected chi connectivity index (χ0v) is 21.0. The molecule has 0 spiro atoms. The van der Waals surface area contributed by atoms with E-state index in [0.29, 0.717) is 36.3 Å². The number of ether oxygens (including phenoxy) is 2. The van der Waals surface area contributed by atoms with E-state index >= 15 is 0 Å². The number of hydrogen-bond donors (Lipinski definition) is 2. The Morgan fingerprint density at radius 1 is 1.14 bits per heavy atom. The minimum atomic E-state index is -1.04. The van der Waals surface area contributed by atoms with E-state index in [1.807, 2.05) is 0 Å². The molecule has 9 nitrogen and oxygen atoms in total. The number of nitrogens with zero attached hydrogens (tertiary/aromatic N) is 1. The third-order valence-corrected chi connectivity index (χ3v) is 6.55. The van der Waals surface area contributed by atoms with Crippen LogP contribution in [0.4, 0.5) is 4.79 Å². The van der Waals surface area contributed by atoms with Crippen molar-refractivity contribution in [1.82, 2.24) is 10.2 Å². The molecule has 0 atom stereocenters. The van der Waals surface area contributed by atoms with E-state index in [9.17, 15) is 24.3 Å². The molecule has 194 valence electrons. The molecule has 2 aromatic carbocycles. The van der Waals surface area contributed by atoms with Crippen LogP contribution in [0.2, 0.25) is 5.02 Å². The molecule has 1 heterocycles. The number of amides is 4. The molecular weight excluding hydrogens is 500 g/mol. The lowest BCUT2D eigenvalue weighted by Gasteiger charge is -2.35. The van der Waals surface area contributed by atoms with Crippen LogP contribution in [0.15, 0.2) is 42.0 Å². The first-order valence-corrected chi connectivity index (χ1v) is 12.5. The molecule has 0 bridgehead atoms. The number of barbiturate groups is 1. The smallest absolute Gasteiger partial charge is 0.335 e. The van der Waals surface area contributed by atoms with Gasteiger partial charge in [-0.05, 0) is 61.2 Å². The molecule has 1 aliphatic carbocycles. The Balaban J connectivity index is 1.61. The van der Waals surface area contributed by atoms with Crippen LogP contribution < -0.4 is 14.8 Å². The molecule has 0 radical (unpaired) electrons. The minimum absolute atomic E-state index is 0.0424. The quantitative estimate of drug-likeness (QED) is 0.374. The summed E-state index contributed by atoms with van der Waals surface area (Å²) in [5, 5.41) is 11.6. The standard InChI is InChI=1S/C27H27ClN2O7/c1-2-36-22-14-17(13-21(28)23(22)37-15-16-7-6-8-18(11-16)26(33)34)12-20-24(31)29-27(35)30(25(20)32)19-9-4-3-5-10-19/h6-8,11-14,19H,2-5,9-10,15H2,1H3,(H,33,34)(H,29,31,35). The molecule has 0 aromatic heterocycles. The molecule has 2 aliphatic rings. The number of halogens is 1. The van der Waals surface area contributed by atoms with Crippen molar-refractivity contribution in [2.75, 3.05) is 6.61 Å². The van der Waals surface area contributed by atoms with Crippen LogP contribution in [0.3, 0.4) is 0 Å². The molecule has 37 heavy (non-hydrogen) atoms. The number of carboxylic acid groups (broad SMARTS) is 1. The van der Waals surface area contributed by atoms with Gasteiger partial charge in [-0.3, -0.25) is 19.8 Å². The molecule has 10 heteroatoms. The summed E-state index contributed by atoms with van der Waals surface area (Å²) >= 11 is 6.50. The van der Waals surface area contributed by atoms with Gasteiger partial charge < -0.3 is 14.6 Å². The Morgan fingerprint density at radius 2 is 1.89 bits per heavy atom.